The van der Waals surface area contributed by atoms with Crippen LogP contribution in [0.25, 0.3) is 0 Å². The average molecular weight is 296 g/mol. The van der Waals surface area contributed by atoms with Crippen molar-refractivity contribution in [3.8, 4) is 0 Å². The van der Waals surface area contributed by atoms with Crippen LogP contribution in [0.2, 0.25) is 0 Å². The predicted octanol–water partition coefficient (Wildman–Crippen LogP) is 0.263. The standard InChI is InChI=1S/C15H24N2O4/c1-20-12-4-2-3-6-16(14(12)19)8-13(18)17-9-15(10-17)5-7-21-11-15/h12H,2-11H2,1H3. The molecule has 3 heterocycles. The Morgan fingerprint density at radius 3 is 2.90 bits per heavy atom. The first kappa shape index (κ1) is 14.8. The number of rotatable bonds is 3. The van der Waals surface area contributed by atoms with E-state index in [2.05, 4.69) is 0 Å². The predicted molar refractivity (Wildman–Crippen MR) is 75.7 cm³/mol. The van der Waals surface area contributed by atoms with Crippen LogP contribution >= 0.6 is 0 Å². The van der Waals surface area contributed by atoms with Gasteiger partial charge in [-0.3, -0.25) is 9.59 Å². The minimum atomic E-state index is -0.383. The highest BCUT2D eigenvalue weighted by Crippen LogP contribution is 2.38. The maximum atomic E-state index is 12.3. The molecular formula is C15H24N2O4. The molecule has 6 heteroatoms. The van der Waals surface area contributed by atoms with E-state index in [1.54, 1.807) is 12.0 Å². The van der Waals surface area contributed by atoms with Crippen molar-refractivity contribution >= 4 is 11.8 Å². The molecule has 1 atom stereocenters. The molecule has 3 fully saturated rings. The van der Waals surface area contributed by atoms with Crippen molar-refractivity contribution in [1.29, 1.82) is 0 Å². The molecule has 1 unspecified atom stereocenters. The van der Waals surface area contributed by atoms with Crippen LogP contribution in [0.5, 0.6) is 0 Å². The quantitative estimate of drug-likeness (QED) is 0.750. The van der Waals surface area contributed by atoms with Gasteiger partial charge in [0.05, 0.1) is 13.2 Å². The van der Waals surface area contributed by atoms with Gasteiger partial charge in [-0.15, -0.1) is 0 Å². The summed E-state index contributed by atoms with van der Waals surface area (Å²) in [6.07, 6.45) is 3.33. The van der Waals surface area contributed by atoms with E-state index >= 15 is 0 Å². The molecule has 3 saturated heterocycles. The number of ether oxygens (including phenoxy) is 2. The van der Waals surface area contributed by atoms with Crippen molar-refractivity contribution in [2.45, 2.75) is 31.8 Å². The molecule has 2 amide bonds. The molecule has 118 valence electrons. The molecule has 0 aromatic heterocycles. The second-order valence-corrected chi connectivity index (χ2v) is 6.53. The molecule has 3 rings (SSSR count). The van der Waals surface area contributed by atoms with Crippen molar-refractivity contribution in [2.24, 2.45) is 5.41 Å². The number of carbonyl (C=O) groups excluding carboxylic acids is 2. The summed E-state index contributed by atoms with van der Waals surface area (Å²) in [7, 11) is 1.56. The first-order valence-electron chi connectivity index (χ1n) is 7.81. The molecule has 0 radical (unpaired) electrons. The topological polar surface area (TPSA) is 59.1 Å². The number of nitrogens with zero attached hydrogens (tertiary/aromatic N) is 2. The van der Waals surface area contributed by atoms with Gasteiger partial charge in [-0.2, -0.15) is 0 Å². The number of carbonyl (C=O) groups is 2. The Kier molecular flexibility index (Phi) is 4.17. The first-order chi connectivity index (χ1) is 10.1. The van der Waals surface area contributed by atoms with Crippen LogP contribution in [0.3, 0.4) is 0 Å². The van der Waals surface area contributed by atoms with E-state index in [9.17, 15) is 9.59 Å². The van der Waals surface area contributed by atoms with Crippen LogP contribution in [-0.2, 0) is 19.1 Å². The Balaban J connectivity index is 1.53. The van der Waals surface area contributed by atoms with Crippen molar-refractivity contribution in [3.05, 3.63) is 0 Å². The van der Waals surface area contributed by atoms with E-state index < -0.39 is 0 Å². The SMILES string of the molecule is COC1CCCCN(CC(=O)N2CC3(CCOC3)C2)C1=O. The number of hydrogen-bond donors (Lipinski definition) is 0. The molecule has 0 aromatic carbocycles. The van der Waals surface area contributed by atoms with Gasteiger partial charge in [-0.1, -0.05) is 0 Å². The lowest BCUT2D eigenvalue weighted by Gasteiger charge is -2.47. The molecule has 0 N–H and O–H groups in total. The molecule has 1 spiro atoms. The average Bonchev–Trinajstić information content (AvgIpc) is 2.87. The number of hydrogen-bond acceptors (Lipinski definition) is 4. The van der Waals surface area contributed by atoms with Crippen LogP contribution < -0.4 is 0 Å². The molecule has 0 aliphatic carbocycles. The highest BCUT2D eigenvalue weighted by Gasteiger charge is 2.47. The van der Waals surface area contributed by atoms with Crippen LogP contribution in [-0.4, -0.2) is 74.2 Å². The third-order valence-corrected chi connectivity index (χ3v) is 4.93. The summed E-state index contributed by atoms with van der Waals surface area (Å²) in [5.74, 6) is 0.0143. The highest BCUT2D eigenvalue weighted by molar-refractivity contribution is 5.87. The number of likely N-dealkylation sites (tertiary alicyclic amines) is 2. The maximum absolute atomic E-state index is 12.3. The van der Waals surface area contributed by atoms with Crippen LogP contribution in [0, 0.1) is 5.41 Å². The Morgan fingerprint density at radius 1 is 1.43 bits per heavy atom. The molecule has 3 aliphatic heterocycles. The summed E-state index contributed by atoms with van der Waals surface area (Å²) in [5.41, 5.74) is 0.202. The van der Waals surface area contributed by atoms with E-state index in [0.29, 0.717) is 6.54 Å². The van der Waals surface area contributed by atoms with Crippen molar-refractivity contribution in [3.63, 3.8) is 0 Å². The maximum Gasteiger partial charge on any atom is 0.252 e. The van der Waals surface area contributed by atoms with Gasteiger partial charge in [0.15, 0.2) is 0 Å². The zero-order valence-electron chi connectivity index (χ0n) is 12.7. The highest BCUT2D eigenvalue weighted by atomic mass is 16.5. The minimum Gasteiger partial charge on any atom is -0.381 e. The van der Waals surface area contributed by atoms with Crippen molar-refractivity contribution in [1.82, 2.24) is 9.80 Å². The monoisotopic (exact) mass is 296 g/mol. The van der Waals surface area contributed by atoms with Gasteiger partial charge < -0.3 is 19.3 Å². The Bertz CT molecular complexity index is 412. The molecule has 0 bridgehead atoms. The van der Waals surface area contributed by atoms with Crippen LogP contribution in [0.15, 0.2) is 0 Å². The first-order valence-corrected chi connectivity index (χ1v) is 7.81. The second-order valence-electron chi connectivity index (χ2n) is 6.53. The van der Waals surface area contributed by atoms with Crippen molar-refractivity contribution < 1.29 is 19.1 Å². The van der Waals surface area contributed by atoms with Crippen LogP contribution in [0.4, 0.5) is 0 Å². The molecule has 0 saturated carbocycles. The summed E-state index contributed by atoms with van der Waals surface area (Å²) < 4.78 is 10.7. The van der Waals surface area contributed by atoms with Crippen LogP contribution in [0.1, 0.15) is 25.7 Å². The van der Waals surface area contributed by atoms with E-state index in [0.717, 1.165) is 52.0 Å². The van der Waals surface area contributed by atoms with Gasteiger partial charge in [0, 0.05) is 38.8 Å². The lowest BCUT2D eigenvalue weighted by atomic mass is 9.79. The molecule has 21 heavy (non-hydrogen) atoms. The van der Waals surface area contributed by atoms with E-state index in [1.807, 2.05) is 4.90 Å². The summed E-state index contributed by atoms with van der Waals surface area (Å²) in [6.45, 7) is 3.98. The number of methoxy groups -OCH3 is 1. The largest absolute Gasteiger partial charge is 0.381 e. The summed E-state index contributed by atoms with van der Waals surface area (Å²) in [4.78, 5) is 28.2. The fraction of sp³-hybridized carbons (Fsp3) is 0.867. The van der Waals surface area contributed by atoms with Crippen molar-refractivity contribution in [2.75, 3.05) is 46.5 Å². The van der Waals surface area contributed by atoms with Gasteiger partial charge in [-0.05, 0) is 25.7 Å². The zero-order chi connectivity index (χ0) is 14.9. The van der Waals surface area contributed by atoms with E-state index in [-0.39, 0.29) is 29.9 Å². The van der Waals surface area contributed by atoms with Gasteiger partial charge in [0.2, 0.25) is 5.91 Å². The third kappa shape index (κ3) is 2.92. The Labute approximate surface area is 125 Å². The summed E-state index contributed by atoms with van der Waals surface area (Å²) >= 11 is 0. The Morgan fingerprint density at radius 2 is 2.24 bits per heavy atom. The minimum absolute atomic E-state index is 0.0391. The molecule has 0 aromatic rings. The normalized spacial score (nSPS) is 28.6. The van der Waals surface area contributed by atoms with Gasteiger partial charge in [-0.25, -0.2) is 0 Å². The number of amides is 2. The lowest BCUT2D eigenvalue weighted by Crippen LogP contribution is -2.61. The summed E-state index contributed by atoms with van der Waals surface area (Å²) in [6, 6.07) is 0. The van der Waals surface area contributed by atoms with Gasteiger partial charge >= 0.3 is 0 Å². The third-order valence-electron chi connectivity index (χ3n) is 4.93. The molecule has 3 aliphatic rings. The smallest absolute Gasteiger partial charge is 0.252 e. The second kappa shape index (κ2) is 5.93. The lowest BCUT2D eigenvalue weighted by molar-refractivity contribution is -0.152. The fourth-order valence-corrected chi connectivity index (χ4v) is 3.55. The van der Waals surface area contributed by atoms with E-state index in [4.69, 9.17) is 9.47 Å². The summed E-state index contributed by atoms with van der Waals surface area (Å²) in [5, 5.41) is 0. The zero-order valence-corrected chi connectivity index (χ0v) is 12.7. The molecular weight excluding hydrogens is 272 g/mol. The van der Waals surface area contributed by atoms with E-state index in [1.165, 1.54) is 0 Å². The fourth-order valence-electron chi connectivity index (χ4n) is 3.55. The molecule has 6 nitrogen and oxygen atoms in total. The van der Waals surface area contributed by atoms with Gasteiger partial charge in [0.1, 0.15) is 6.10 Å². The Hall–Kier alpha value is -1.14. The van der Waals surface area contributed by atoms with Gasteiger partial charge in [0.25, 0.3) is 5.91 Å².